The fourth-order valence-electron chi connectivity index (χ4n) is 1.63. The topological polar surface area (TPSA) is 9.23 Å². The van der Waals surface area contributed by atoms with Crippen LogP contribution in [0, 0.1) is 11.6 Å². The molecule has 0 bridgehead atoms. The summed E-state index contributed by atoms with van der Waals surface area (Å²) in [6.07, 6.45) is 0. The Morgan fingerprint density at radius 1 is 1.00 bits per heavy atom. The molecule has 1 nitrogen and oxygen atoms in total. The lowest BCUT2D eigenvalue weighted by atomic mass is 10.2. The summed E-state index contributed by atoms with van der Waals surface area (Å²) in [5.74, 6) is -0.623. The Hall–Kier alpha value is -0.940. The molecule has 0 saturated carbocycles. The van der Waals surface area contributed by atoms with E-state index in [-0.39, 0.29) is 12.2 Å². The van der Waals surface area contributed by atoms with Crippen LogP contribution in [0.3, 0.4) is 0 Å². The standard InChI is InChI=1S/C14H10Br2F2O/c15-7-9-3-1-4-11(16)14(9)19-8-10-12(17)5-2-6-13(10)18/h1-6H,7-8H2. The van der Waals surface area contributed by atoms with Gasteiger partial charge in [0.25, 0.3) is 0 Å². The van der Waals surface area contributed by atoms with E-state index in [1.54, 1.807) is 0 Å². The summed E-state index contributed by atoms with van der Waals surface area (Å²) in [7, 11) is 0. The smallest absolute Gasteiger partial charge is 0.138 e. The Bertz CT molecular complexity index is 567. The third-order valence-electron chi connectivity index (χ3n) is 2.62. The molecule has 2 aromatic carbocycles. The SMILES string of the molecule is Fc1cccc(F)c1COc1c(Br)cccc1CBr. The molecule has 0 radical (unpaired) electrons. The van der Waals surface area contributed by atoms with Crippen LogP contribution >= 0.6 is 31.9 Å². The number of hydrogen-bond acceptors (Lipinski definition) is 1. The summed E-state index contributed by atoms with van der Waals surface area (Å²) >= 11 is 6.71. The predicted molar refractivity (Wildman–Crippen MR) is 77.5 cm³/mol. The molecule has 0 aromatic heterocycles. The number of alkyl halides is 1. The van der Waals surface area contributed by atoms with Crippen LogP contribution in [0.5, 0.6) is 5.75 Å². The van der Waals surface area contributed by atoms with Crippen LogP contribution in [-0.2, 0) is 11.9 Å². The molecule has 0 spiro atoms. The van der Waals surface area contributed by atoms with Gasteiger partial charge in [0.1, 0.15) is 24.0 Å². The van der Waals surface area contributed by atoms with E-state index in [1.807, 2.05) is 18.2 Å². The van der Waals surface area contributed by atoms with Gasteiger partial charge in [-0.25, -0.2) is 8.78 Å². The van der Waals surface area contributed by atoms with Gasteiger partial charge < -0.3 is 4.74 Å². The van der Waals surface area contributed by atoms with E-state index >= 15 is 0 Å². The number of para-hydroxylation sites is 1. The van der Waals surface area contributed by atoms with Crippen molar-refractivity contribution in [3.05, 3.63) is 63.6 Å². The average Bonchev–Trinajstić information content (AvgIpc) is 2.39. The van der Waals surface area contributed by atoms with E-state index in [4.69, 9.17) is 4.74 Å². The van der Waals surface area contributed by atoms with Crippen molar-refractivity contribution in [1.82, 2.24) is 0 Å². The molecule has 0 aliphatic carbocycles. The molecular weight excluding hydrogens is 382 g/mol. The lowest BCUT2D eigenvalue weighted by molar-refractivity contribution is 0.288. The summed E-state index contributed by atoms with van der Waals surface area (Å²) in [4.78, 5) is 0. The predicted octanol–water partition coefficient (Wildman–Crippen LogP) is 5.20. The van der Waals surface area contributed by atoms with Gasteiger partial charge in [0.2, 0.25) is 0 Å². The Morgan fingerprint density at radius 2 is 1.63 bits per heavy atom. The minimum absolute atomic E-state index is 0.0706. The normalized spacial score (nSPS) is 10.5. The van der Waals surface area contributed by atoms with Crippen molar-refractivity contribution in [2.45, 2.75) is 11.9 Å². The highest BCUT2D eigenvalue weighted by molar-refractivity contribution is 9.10. The summed E-state index contributed by atoms with van der Waals surface area (Å²) < 4.78 is 33.3. The first kappa shape index (κ1) is 14.5. The number of halogens is 4. The Labute approximate surface area is 126 Å². The third kappa shape index (κ3) is 3.34. The van der Waals surface area contributed by atoms with Gasteiger partial charge >= 0.3 is 0 Å². The highest BCUT2D eigenvalue weighted by atomic mass is 79.9. The number of hydrogen-bond donors (Lipinski definition) is 0. The zero-order valence-corrected chi connectivity index (χ0v) is 13.0. The maximum Gasteiger partial charge on any atom is 0.138 e. The maximum absolute atomic E-state index is 13.5. The van der Waals surface area contributed by atoms with E-state index in [0.29, 0.717) is 11.1 Å². The lowest BCUT2D eigenvalue weighted by Crippen LogP contribution is -2.03. The van der Waals surface area contributed by atoms with Crippen molar-refractivity contribution in [1.29, 1.82) is 0 Å². The molecule has 0 aliphatic heterocycles. The van der Waals surface area contributed by atoms with Gasteiger partial charge in [-0.05, 0) is 34.1 Å². The molecule has 5 heteroatoms. The first-order valence-electron chi connectivity index (χ1n) is 5.52. The monoisotopic (exact) mass is 390 g/mol. The molecule has 0 aliphatic rings. The Balaban J connectivity index is 2.24. The van der Waals surface area contributed by atoms with Crippen LogP contribution in [0.25, 0.3) is 0 Å². The van der Waals surface area contributed by atoms with Crippen molar-refractivity contribution in [3.63, 3.8) is 0 Å². The van der Waals surface area contributed by atoms with Crippen molar-refractivity contribution in [3.8, 4) is 5.75 Å². The molecule has 2 aromatic rings. The van der Waals surface area contributed by atoms with E-state index in [1.165, 1.54) is 18.2 Å². The second kappa shape index (κ2) is 6.48. The first-order chi connectivity index (χ1) is 9.13. The first-order valence-corrected chi connectivity index (χ1v) is 7.44. The van der Waals surface area contributed by atoms with E-state index in [2.05, 4.69) is 31.9 Å². The van der Waals surface area contributed by atoms with Gasteiger partial charge in [-0.2, -0.15) is 0 Å². The van der Waals surface area contributed by atoms with Crippen LogP contribution < -0.4 is 4.74 Å². The van der Waals surface area contributed by atoms with Gasteiger partial charge in [0.05, 0.1) is 10.0 Å². The van der Waals surface area contributed by atoms with Gasteiger partial charge in [0, 0.05) is 10.9 Å². The quantitative estimate of drug-likeness (QED) is 0.650. The summed E-state index contributed by atoms with van der Waals surface area (Å²) in [5, 5.41) is 0.599. The van der Waals surface area contributed by atoms with E-state index < -0.39 is 11.6 Å². The molecular formula is C14H10Br2F2O. The average molecular weight is 392 g/mol. The largest absolute Gasteiger partial charge is 0.487 e. The van der Waals surface area contributed by atoms with Crippen molar-refractivity contribution in [2.24, 2.45) is 0 Å². The molecule has 0 unspecified atom stereocenters. The van der Waals surface area contributed by atoms with Crippen LogP contribution in [0.15, 0.2) is 40.9 Å². The minimum atomic E-state index is -0.604. The Kier molecular flexibility index (Phi) is 4.93. The molecule has 100 valence electrons. The van der Waals surface area contributed by atoms with Crippen LogP contribution in [0.4, 0.5) is 8.78 Å². The fraction of sp³-hybridized carbons (Fsp3) is 0.143. The second-order valence-corrected chi connectivity index (χ2v) is 5.27. The summed E-state index contributed by atoms with van der Waals surface area (Å²) in [6.45, 7) is -0.152. The maximum atomic E-state index is 13.5. The number of rotatable bonds is 4. The summed E-state index contributed by atoms with van der Waals surface area (Å²) in [6, 6.07) is 9.33. The van der Waals surface area contributed by atoms with Crippen molar-refractivity contribution >= 4 is 31.9 Å². The molecule has 19 heavy (non-hydrogen) atoms. The minimum Gasteiger partial charge on any atom is -0.487 e. The van der Waals surface area contributed by atoms with E-state index in [0.717, 1.165) is 10.0 Å². The molecule has 0 fully saturated rings. The van der Waals surface area contributed by atoms with Crippen molar-refractivity contribution < 1.29 is 13.5 Å². The van der Waals surface area contributed by atoms with Crippen LogP contribution in [0.2, 0.25) is 0 Å². The highest BCUT2D eigenvalue weighted by Crippen LogP contribution is 2.31. The molecule has 0 amide bonds. The molecule has 2 rings (SSSR count). The third-order valence-corrected chi connectivity index (χ3v) is 3.84. The Morgan fingerprint density at radius 3 is 2.26 bits per heavy atom. The highest BCUT2D eigenvalue weighted by Gasteiger charge is 2.12. The molecule has 0 heterocycles. The molecule has 0 N–H and O–H groups in total. The molecule has 0 atom stereocenters. The number of benzene rings is 2. The van der Waals surface area contributed by atoms with E-state index in [9.17, 15) is 8.78 Å². The zero-order chi connectivity index (χ0) is 13.8. The van der Waals surface area contributed by atoms with Gasteiger partial charge in [0.15, 0.2) is 0 Å². The van der Waals surface area contributed by atoms with Crippen LogP contribution in [-0.4, -0.2) is 0 Å². The second-order valence-electron chi connectivity index (χ2n) is 3.85. The van der Waals surface area contributed by atoms with Gasteiger partial charge in [-0.1, -0.05) is 34.1 Å². The zero-order valence-electron chi connectivity index (χ0n) is 9.80. The fourth-order valence-corrected chi connectivity index (χ4v) is 2.60. The summed E-state index contributed by atoms with van der Waals surface area (Å²) in [5.41, 5.74) is 0.838. The molecule has 0 saturated heterocycles. The van der Waals surface area contributed by atoms with Gasteiger partial charge in [-0.3, -0.25) is 0 Å². The lowest BCUT2D eigenvalue weighted by Gasteiger charge is -2.12. The van der Waals surface area contributed by atoms with Crippen LogP contribution in [0.1, 0.15) is 11.1 Å². The number of ether oxygens (including phenoxy) is 1. The van der Waals surface area contributed by atoms with Crippen molar-refractivity contribution in [2.75, 3.05) is 0 Å². The van der Waals surface area contributed by atoms with Gasteiger partial charge in [-0.15, -0.1) is 0 Å².